The van der Waals surface area contributed by atoms with Crippen LogP contribution >= 0.6 is 23.2 Å². The summed E-state index contributed by atoms with van der Waals surface area (Å²) in [7, 11) is 0. The average Bonchev–Trinajstić information content (AvgIpc) is 3.29. The predicted molar refractivity (Wildman–Crippen MR) is 107 cm³/mol. The lowest BCUT2D eigenvalue weighted by Gasteiger charge is -2.29. The molecule has 2 atom stereocenters. The summed E-state index contributed by atoms with van der Waals surface area (Å²) in [6, 6.07) is 5.37. The number of hydrogen-bond donors (Lipinski definition) is 1. The van der Waals surface area contributed by atoms with Crippen LogP contribution in [0.5, 0.6) is 0 Å². The highest BCUT2D eigenvalue weighted by Gasteiger charge is 2.45. The first-order valence-electron chi connectivity index (χ1n) is 9.29. The van der Waals surface area contributed by atoms with Crippen LogP contribution in [-0.4, -0.2) is 37.8 Å². The lowest BCUT2D eigenvalue weighted by Crippen LogP contribution is -2.34. The lowest BCUT2D eigenvalue weighted by atomic mass is 10.1. The van der Waals surface area contributed by atoms with E-state index in [2.05, 4.69) is 17.0 Å². The van der Waals surface area contributed by atoms with Gasteiger partial charge in [0.25, 0.3) is 5.09 Å². The Kier molecular flexibility index (Phi) is 9.09. The van der Waals surface area contributed by atoms with Gasteiger partial charge >= 0.3 is 0 Å². The van der Waals surface area contributed by atoms with E-state index in [0.717, 1.165) is 18.4 Å². The van der Waals surface area contributed by atoms with E-state index in [4.69, 9.17) is 48.0 Å². The van der Waals surface area contributed by atoms with Crippen molar-refractivity contribution in [1.82, 2.24) is 14.8 Å². The van der Waals surface area contributed by atoms with E-state index in [9.17, 15) is 0 Å². The SMILES string of the molecule is CCCCCCC1COC(Cn2cncn2)(c2ccc(Cl)cc2Cl)O1.O=[N+]([O-])O. The molecule has 1 aliphatic heterocycles. The molecule has 160 valence electrons. The largest absolute Gasteiger partial charge is 0.342 e. The summed E-state index contributed by atoms with van der Waals surface area (Å²) < 4.78 is 14.2. The van der Waals surface area contributed by atoms with Crippen molar-refractivity contribution in [3.05, 3.63) is 56.6 Å². The number of hydrogen-bond acceptors (Lipinski definition) is 6. The summed E-state index contributed by atoms with van der Waals surface area (Å²) in [5, 5.41) is 18.9. The van der Waals surface area contributed by atoms with Crippen LogP contribution in [-0.2, 0) is 21.8 Å². The van der Waals surface area contributed by atoms with Gasteiger partial charge in [0.1, 0.15) is 19.2 Å². The van der Waals surface area contributed by atoms with E-state index in [1.165, 1.54) is 25.6 Å². The quantitative estimate of drug-likeness (QED) is 0.361. The summed E-state index contributed by atoms with van der Waals surface area (Å²) in [4.78, 5) is 12.4. The van der Waals surface area contributed by atoms with Crippen LogP contribution in [0.4, 0.5) is 0 Å². The van der Waals surface area contributed by atoms with E-state index >= 15 is 0 Å². The summed E-state index contributed by atoms with van der Waals surface area (Å²) in [5.41, 5.74) is 0.769. The number of rotatable bonds is 8. The van der Waals surface area contributed by atoms with Crippen molar-refractivity contribution in [1.29, 1.82) is 0 Å². The van der Waals surface area contributed by atoms with Crippen molar-refractivity contribution in [2.45, 2.75) is 57.5 Å². The van der Waals surface area contributed by atoms with E-state index in [0.29, 0.717) is 23.2 Å². The van der Waals surface area contributed by atoms with Crippen molar-refractivity contribution in [2.24, 2.45) is 0 Å². The molecule has 1 aromatic heterocycles. The summed E-state index contributed by atoms with van der Waals surface area (Å²) in [5.74, 6) is -0.967. The van der Waals surface area contributed by atoms with Crippen molar-refractivity contribution in [3.8, 4) is 0 Å². The molecular weight excluding hydrogens is 423 g/mol. The molecular formula is C18H24Cl2N4O5. The van der Waals surface area contributed by atoms with Crippen LogP contribution in [0.25, 0.3) is 0 Å². The molecule has 1 aromatic carbocycles. The smallest absolute Gasteiger partial charge is 0.291 e. The van der Waals surface area contributed by atoms with Gasteiger partial charge in [0.15, 0.2) is 0 Å². The number of aromatic nitrogens is 3. The Morgan fingerprint density at radius 1 is 1.38 bits per heavy atom. The van der Waals surface area contributed by atoms with Gasteiger partial charge in [-0.25, -0.2) is 9.67 Å². The second kappa shape index (κ2) is 11.3. The van der Waals surface area contributed by atoms with Crippen LogP contribution in [0.3, 0.4) is 0 Å². The van der Waals surface area contributed by atoms with E-state index in [-0.39, 0.29) is 6.10 Å². The highest BCUT2D eigenvalue weighted by molar-refractivity contribution is 6.35. The number of nitrogens with zero attached hydrogens (tertiary/aromatic N) is 4. The molecule has 2 heterocycles. The molecule has 11 heteroatoms. The second-order valence-corrected chi connectivity index (χ2v) is 7.45. The Hall–Kier alpha value is -1.94. The monoisotopic (exact) mass is 446 g/mol. The van der Waals surface area contributed by atoms with Gasteiger partial charge in [-0.05, 0) is 18.6 Å². The minimum Gasteiger partial charge on any atom is -0.342 e. The Bertz CT molecular complexity index is 774. The first-order chi connectivity index (χ1) is 13.9. The molecule has 2 aromatic rings. The molecule has 0 spiro atoms. The lowest BCUT2D eigenvalue weighted by molar-refractivity contribution is -0.742. The predicted octanol–water partition coefficient (Wildman–Crippen LogP) is 4.48. The minimum atomic E-state index is -1.50. The third kappa shape index (κ3) is 7.11. The number of halogens is 2. The molecule has 0 bridgehead atoms. The van der Waals surface area contributed by atoms with E-state index in [1.807, 2.05) is 6.07 Å². The van der Waals surface area contributed by atoms with Gasteiger partial charge in [-0.3, -0.25) is 0 Å². The molecule has 1 saturated heterocycles. The van der Waals surface area contributed by atoms with Gasteiger partial charge in [0, 0.05) is 10.6 Å². The Labute approximate surface area is 178 Å². The van der Waals surface area contributed by atoms with Gasteiger partial charge in [-0.1, -0.05) is 61.9 Å². The second-order valence-electron chi connectivity index (χ2n) is 6.61. The topological polar surface area (TPSA) is 113 Å². The van der Waals surface area contributed by atoms with Crippen LogP contribution < -0.4 is 0 Å². The zero-order chi connectivity index (χ0) is 21.3. The van der Waals surface area contributed by atoms with Crippen LogP contribution in [0.2, 0.25) is 10.0 Å². The number of ether oxygens (including phenoxy) is 2. The van der Waals surface area contributed by atoms with Crippen molar-refractivity contribution >= 4 is 23.2 Å². The van der Waals surface area contributed by atoms with E-state index in [1.54, 1.807) is 23.1 Å². The molecule has 1 fully saturated rings. The van der Waals surface area contributed by atoms with Crippen molar-refractivity contribution < 1.29 is 19.8 Å². The third-order valence-electron chi connectivity index (χ3n) is 4.42. The van der Waals surface area contributed by atoms with Crippen LogP contribution in [0, 0.1) is 10.1 Å². The van der Waals surface area contributed by atoms with Gasteiger partial charge in [0.05, 0.1) is 17.7 Å². The zero-order valence-electron chi connectivity index (χ0n) is 16.0. The molecule has 9 nitrogen and oxygen atoms in total. The Morgan fingerprint density at radius 3 is 2.76 bits per heavy atom. The van der Waals surface area contributed by atoms with Gasteiger partial charge in [0.2, 0.25) is 5.79 Å². The summed E-state index contributed by atoms with van der Waals surface area (Å²) in [6.07, 6.45) is 8.99. The van der Waals surface area contributed by atoms with Crippen molar-refractivity contribution in [3.63, 3.8) is 0 Å². The fraction of sp³-hybridized carbons (Fsp3) is 0.556. The van der Waals surface area contributed by atoms with Crippen LogP contribution in [0.1, 0.15) is 44.6 Å². The summed E-state index contributed by atoms with van der Waals surface area (Å²) in [6.45, 7) is 3.14. The first kappa shape index (κ1) is 23.3. The maximum atomic E-state index is 8.36. The molecule has 3 rings (SSSR count). The standard InChI is InChI=1S/C18H23Cl2N3O2.HNO3/c1-2-3-4-5-6-15-10-24-18(25-15,11-23-13-21-12-22-23)16-8-7-14(19)9-17(16)20;2-1(3)4/h7-9,12-13,15H,2-6,10-11H2,1H3;(H,2,3,4). The van der Waals surface area contributed by atoms with Gasteiger partial charge < -0.3 is 14.7 Å². The Balaban J connectivity index is 0.000000687. The molecule has 0 radical (unpaired) electrons. The fourth-order valence-electron chi connectivity index (χ4n) is 3.14. The van der Waals surface area contributed by atoms with Crippen LogP contribution in [0.15, 0.2) is 30.9 Å². The fourth-order valence-corrected chi connectivity index (χ4v) is 3.69. The maximum Gasteiger partial charge on any atom is 0.291 e. The number of benzene rings is 1. The molecule has 1 N–H and O–H groups in total. The molecule has 2 unspecified atom stereocenters. The van der Waals surface area contributed by atoms with Gasteiger partial charge in [-0.15, -0.1) is 10.1 Å². The minimum absolute atomic E-state index is 0.0483. The molecule has 29 heavy (non-hydrogen) atoms. The Morgan fingerprint density at radius 2 is 2.14 bits per heavy atom. The number of unbranched alkanes of at least 4 members (excludes halogenated alkanes) is 3. The molecule has 0 amide bonds. The normalized spacial score (nSPS) is 20.9. The highest BCUT2D eigenvalue weighted by Crippen LogP contribution is 2.41. The molecule has 0 saturated carbocycles. The third-order valence-corrected chi connectivity index (χ3v) is 4.97. The van der Waals surface area contributed by atoms with Gasteiger partial charge in [-0.2, -0.15) is 5.10 Å². The average molecular weight is 447 g/mol. The molecule has 0 aliphatic carbocycles. The molecule has 1 aliphatic rings. The summed E-state index contributed by atoms with van der Waals surface area (Å²) >= 11 is 12.5. The van der Waals surface area contributed by atoms with E-state index < -0.39 is 10.9 Å². The first-order valence-corrected chi connectivity index (χ1v) is 10.0. The maximum absolute atomic E-state index is 8.36. The van der Waals surface area contributed by atoms with Crippen molar-refractivity contribution in [2.75, 3.05) is 6.61 Å². The zero-order valence-corrected chi connectivity index (χ0v) is 17.6. The highest BCUT2D eigenvalue weighted by atomic mass is 35.5.